The zero-order valence-corrected chi connectivity index (χ0v) is 8.43. The van der Waals surface area contributed by atoms with Gasteiger partial charge in [0.05, 0.1) is 12.7 Å². The number of hydrogen-bond donors (Lipinski definition) is 0. The summed E-state index contributed by atoms with van der Waals surface area (Å²) in [5.74, 6) is 0. The minimum absolute atomic E-state index is 0.285. The van der Waals surface area contributed by atoms with Crippen LogP contribution in [0.3, 0.4) is 0 Å². The number of ether oxygens (including phenoxy) is 2. The molecule has 1 unspecified atom stereocenters. The van der Waals surface area contributed by atoms with Gasteiger partial charge >= 0.3 is 0 Å². The quantitative estimate of drug-likeness (QED) is 0.633. The maximum atomic E-state index is 5.55. The summed E-state index contributed by atoms with van der Waals surface area (Å²) >= 11 is 0. The molecule has 0 aromatic rings. The summed E-state index contributed by atoms with van der Waals surface area (Å²) in [7, 11) is 1.78. The Morgan fingerprint density at radius 3 is 2.25 bits per heavy atom. The Bertz CT molecular complexity index is 126. The second kappa shape index (κ2) is 4.24. The van der Waals surface area contributed by atoms with Gasteiger partial charge in [-0.15, -0.1) is 0 Å². The lowest BCUT2D eigenvalue weighted by atomic mass is 9.75. The minimum Gasteiger partial charge on any atom is -0.384 e. The first-order valence-electron chi connectivity index (χ1n) is 4.89. The van der Waals surface area contributed by atoms with Crippen LogP contribution >= 0.6 is 0 Å². The van der Waals surface area contributed by atoms with Crippen molar-refractivity contribution in [3.8, 4) is 0 Å². The molecule has 1 rings (SSSR count). The fourth-order valence-corrected chi connectivity index (χ4v) is 2.01. The van der Waals surface area contributed by atoms with E-state index in [9.17, 15) is 0 Å². The molecule has 0 radical (unpaired) electrons. The molecule has 1 heterocycles. The summed E-state index contributed by atoms with van der Waals surface area (Å²) in [6, 6.07) is 0. The first-order valence-corrected chi connectivity index (χ1v) is 4.89. The van der Waals surface area contributed by atoms with Gasteiger partial charge < -0.3 is 9.47 Å². The molecule has 0 spiro atoms. The van der Waals surface area contributed by atoms with Crippen molar-refractivity contribution in [3.05, 3.63) is 0 Å². The predicted molar refractivity (Wildman–Crippen MR) is 49.2 cm³/mol. The van der Waals surface area contributed by atoms with Gasteiger partial charge in [-0.3, -0.25) is 0 Å². The van der Waals surface area contributed by atoms with Crippen molar-refractivity contribution >= 4 is 0 Å². The zero-order valence-electron chi connectivity index (χ0n) is 8.43. The van der Waals surface area contributed by atoms with E-state index in [4.69, 9.17) is 9.47 Å². The summed E-state index contributed by atoms with van der Waals surface area (Å²) < 4.78 is 10.8. The van der Waals surface area contributed by atoms with Crippen LogP contribution in [0, 0.1) is 5.41 Å². The number of hydrogen-bond acceptors (Lipinski definition) is 2. The van der Waals surface area contributed by atoms with E-state index in [2.05, 4.69) is 13.8 Å². The smallest absolute Gasteiger partial charge is 0.0675 e. The van der Waals surface area contributed by atoms with Crippen LogP contribution < -0.4 is 0 Å². The van der Waals surface area contributed by atoms with E-state index in [0.717, 1.165) is 26.1 Å². The van der Waals surface area contributed by atoms with Crippen molar-refractivity contribution in [3.63, 3.8) is 0 Å². The summed E-state index contributed by atoms with van der Waals surface area (Å²) in [5, 5.41) is 0. The maximum absolute atomic E-state index is 5.55. The van der Waals surface area contributed by atoms with Crippen molar-refractivity contribution in [1.29, 1.82) is 0 Å². The van der Waals surface area contributed by atoms with Gasteiger partial charge in [-0.05, 0) is 19.3 Å². The lowest BCUT2D eigenvalue weighted by molar-refractivity contribution is -0.149. The highest BCUT2D eigenvalue weighted by Gasteiger charge is 2.40. The monoisotopic (exact) mass is 172 g/mol. The first kappa shape index (κ1) is 10.0. The molecule has 1 atom stereocenters. The Labute approximate surface area is 75.2 Å². The molecular formula is C10H20O2. The highest BCUT2D eigenvalue weighted by molar-refractivity contribution is 4.89. The van der Waals surface area contributed by atoms with E-state index in [1.165, 1.54) is 6.42 Å². The second-order valence-corrected chi connectivity index (χ2v) is 3.65. The van der Waals surface area contributed by atoms with Crippen molar-refractivity contribution in [1.82, 2.24) is 0 Å². The fraction of sp³-hybridized carbons (Fsp3) is 1.00. The maximum Gasteiger partial charge on any atom is 0.0675 e. The summed E-state index contributed by atoms with van der Waals surface area (Å²) in [6.45, 7) is 6.23. The van der Waals surface area contributed by atoms with Gasteiger partial charge in [0.25, 0.3) is 0 Å². The molecule has 0 aromatic carbocycles. The van der Waals surface area contributed by atoms with Gasteiger partial charge in [-0.25, -0.2) is 0 Å². The zero-order chi connectivity index (χ0) is 9.03. The highest BCUT2D eigenvalue weighted by atomic mass is 16.5. The summed E-state index contributed by atoms with van der Waals surface area (Å²) in [4.78, 5) is 0. The standard InChI is InChI=1S/C10H20O2/c1-4-10(5-2,8-11-3)9-6-7-12-9/h9H,4-8H2,1-3H3. The van der Waals surface area contributed by atoms with E-state index in [0.29, 0.717) is 6.10 Å². The molecule has 0 N–H and O–H groups in total. The van der Waals surface area contributed by atoms with Gasteiger partial charge in [-0.2, -0.15) is 0 Å². The summed E-state index contributed by atoms with van der Waals surface area (Å²) in [6.07, 6.45) is 3.97. The molecule has 0 saturated carbocycles. The van der Waals surface area contributed by atoms with Gasteiger partial charge in [0.15, 0.2) is 0 Å². The molecule has 72 valence electrons. The molecule has 2 nitrogen and oxygen atoms in total. The molecule has 0 bridgehead atoms. The third-order valence-electron chi connectivity index (χ3n) is 3.22. The highest BCUT2D eigenvalue weighted by Crippen LogP contribution is 2.38. The van der Waals surface area contributed by atoms with Gasteiger partial charge in [-0.1, -0.05) is 13.8 Å². The SMILES string of the molecule is CCC(CC)(COC)C1CCO1. The lowest BCUT2D eigenvalue weighted by Crippen LogP contribution is -2.46. The Kier molecular flexibility index (Phi) is 3.53. The van der Waals surface area contributed by atoms with Crippen LogP contribution in [0.1, 0.15) is 33.1 Å². The van der Waals surface area contributed by atoms with E-state index in [1.807, 2.05) is 0 Å². The molecule has 2 heteroatoms. The van der Waals surface area contributed by atoms with E-state index >= 15 is 0 Å². The Balaban J connectivity index is 2.54. The fourth-order valence-electron chi connectivity index (χ4n) is 2.01. The number of methoxy groups -OCH3 is 1. The molecule has 1 saturated heterocycles. The van der Waals surface area contributed by atoms with E-state index in [-0.39, 0.29) is 5.41 Å². The molecule has 1 fully saturated rings. The molecule has 1 aliphatic heterocycles. The van der Waals surface area contributed by atoms with Crippen molar-refractivity contribution in [2.24, 2.45) is 5.41 Å². The minimum atomic E-state index is 0.285. The molecule has 0 aliphatic carbocycles. The van der Waals surface area contributed by atoms with Gasteiger partial charge in [0, 0.05) is 19.1 Å². The molecule has 0 aromatic heterocycles. The average Bonchev–Trinajstić information content (AvgIpc) is 2.00. The molecule has 1 aliphatic rings. The topological polar surface area (TPSA) is 18.5 Å². The Morgan fingerprint density at radius 1 is 1.42 bits per heavy atom. The average molecular weight is 172 g/mol. The third-order valence-corrected chi connectivity index (χ3v) is 3.22. The van der Waals surface area contributed by atoms with Crippen LogP contribution in [0.5, 0.6) is 0 Å². The van der Waals surface area contributed by atoms with Gasteiger partial charge in [0.2, 0.25) is 0 Å². The van der Waals surface area contributed by atoms with Crippen LogP contribution in [0.2, 0.25) is 0 Å². The van der Waals surface area contributed by atoms with Crippen LogP contribution in [0.4, 0.5) is 0 Å². The second-order valence-electron chi connectivity index (χ2n) is 3.65. The molecule has 0 amide bonds. The molecule has 12 heavy (non-hydrogen) atoms. The van der Waals surface area contributed by atoms with E-state index in [1.54, 1.807) is 7.11 Å². The van der Waals surface area contributed by atoms with Crippen molar-refractivity contribution in [2.75, 3.05) is 20.3 Å². The van der Waals surface area contributed by atoms with Crippen LogP contribution in [-0.2, 0) is 9.47 Å². The van der Waals surface area contributed by atoms with Crippen LogP contribution in [0.25, 0.3) is 0 Å². The van der Waals surface area contributed by atoms with Crippen molar-refractivity contribution in [2.45, 2.75) is 39.2 Å². The van der Waals surface area contributed by atoms with Crippen LogP contribution in [-0.4, -0.2) is 26.4 Å². The third kappa shape index (κ3) is 1.64. The largest absolute Gasteiger partial charge is 0.384 e. The Hall–Kier alpha value is -0.0800. The van der Waals surface area contributed by atoms with Crippen LogP contribution in [0.15, 0.2) is 0 Å². The Morgan fingerprint density at radius 2 is 2.00 bits per heavy atom. The van der Waals surface area contributed by atoms with Gasteiger partial charge in [0.1, 0.15) is 0 Å². The predicted octanol–water partition coefficient (Wildman–Crippen LogP) is 2.23. The lowest BCUT2D eigenvalue weighted by Gasteiger charge is -2.43. The summed E-state index contributed by atoms with van der Waals surface area (Å²) in [5.41, 5.74) is 0.285. The normalized spacial score (nSPS) is 23.8. The van der Waals surface area contributed by atoms with Crippen molar-refractivity contribution < 1.29 is 9.47 Å². The van der Waals surface area contributed by atoms with E-state index < -0.39 is 0 Å². The molecular weight excluding hydrogens is 152 g/mol. The number of rotatable bonds is 5. The first-order chi connectivity index (χ1) is 5.79.